The first-order valence-electron chi connectivity index (χ1n) is 6.84. The fourth-order valence-electron chi connectivity index (χ4n) is 2.15. The molecule has 0 bridgehead atoms. The summed E-state index contributed by atoms with van der Waals surface area (Å²) in [5, 5.41) is 17.9. The lowest BCUT2D eigenvalue weighted by Gasteiger charge is -2.09. The van der Waals surface area contributed by atoms with Crippen LogP contribution in [0.5, 0.6) is 0 Å². The first-order valence-corrected chi connectivity index (χ1v) is 6.84. The quantitative estimate of drug-likeness (QED) is 0.799. The molecule has 22 heavy (non-hydrogen) atoms. The van der Waals surface area contributed by atoms with Gasteiger partial charge >= 0.3 is 11.9 Å². The Kier molecular flexibility index (Phi) is 5.09. The second-order valence-corrected chi connectivity index (χ2v) is 4.83. The van der Waals surface area contributed by atoms with E-state index in [0.29, 0.717) is 5.56 Å². The van der Waals surface area contributed by atoms with Gasteiger partial charge in [-0.1, -0.05) is 66.7 Å². The topological polar surface area (TPSA) is 74.6 Å². The van der Waals surface area contributed by atoms with E-state index in [0.717, 1.165) is 11.1 Å². The van der Waals surface area contributed by atoms with E-state index in [1.54, 1.807) is 12.1 Å². The van der Waals surface area contributed by atoms with E-state index in [4.69, 9.17) is 5.11 Å². The third-order valence-electron chi connectivity index (χ3n) is 3.26. The second kappa shape index (κ2) is 7.22. The Morgan fingerprint density at radius 1 is 0.909 bits per heavy atom. The van der Waals surface area contributed by atoms with Crippen LogP contribution in [0.25, 0.3) is 11.1 Å². The number of benzene rings is 2. The third kappa shape index (κ3) is 4.06. The Balaban J connectivity index is 2.21. The van der Waals surface area contributed by atoms with Gasteiger partial charge in [-0.2, -0.15) is 0 Å². The van der Waals surface area contributed by atoms with Crippen LogP contribution in [0.4, 0.5) is 0 Å². The third-order valence-corrected chi connectivity index (χ3v) is 3.26. The van der Waals surface area contributed by atoms with E-state index >= 15 is 0 Å². The van der Waals surface area contributed by atoms with Crippen molar-refractivity contribution in [3.8, 4) is 11.1 Å². The number of hydrogen-bond acceptors (Lipinski definition) is 2. The smallest absolute Gasteiger partial charge is 0.314 e. The number of rotatable bonds is 6. The Labute approximate surface area is 128 Å². The van der Waals surface area contributed by atoms with E-state index in [2.05, 4.69) is 0 Å². The predicted octanol–water partition coefficient (Wildman–Crippen LogP) is 3.55. The van der Waals surface area contributed by atoms with Crippen molar-refractivity contribution in [3.63, 3.8) is 0 Å². The molecule has 4 nitrogen and oxygen atoms in total. The van der Waals surface area contributed by atoms with E-state index in [9.17, 15) is 14.7 Å². The Bertz CT molecular complexity index is 672. The molecule has 0 aliphatic heterocycles. The Morgan fingerprint density at radius 3 is 2.05 bits per heavy atom. The number of carboxylic acid groups (broad SMARTS) is 2. The molecule has 1 unspecified atom stereocenters. The van der Waals surface area contributed by atoms with Crippen molar-refractivity contribution in [3.05, 3.63) is 72.3 Å². The molecule has 2 aromatic rings. The van der Waals surface area contributed by atoms with Gasteiger partial charge in [0.05, 0.1) is 12.3 Å². The lowest BCUT2D eigenvalue weighted by molar-refractivity contribution is -0.138. The summed E-state index contributed by atoms with van der Waals surface area (Å²) >= 11 is 0. The highest BCUT2D eigenvalue weighted by Crippen LogP contribution is 2.24. The standard InChI is InChI=1S/C18H16O4/c19-17(20)8-4-7-16(18(21)22)15-11-9-14(10-12-15)13-5-2-1-3-6-13/h1-7,9-12,16H,8H2,(H,19,20)(H,21,22)/b7-4+. The van der Waals surface area contributed by atoms with Gasteiger partial charge in [0.25, 0.3) is 0 Å². The van der Waals surface area contributed by atoms with Crippen LogP contribution in [0.3, 0.4) is 0 Å². The van der Waals surface area contributed by atoms with Gasteiger partial charge in [-0.05, 0) is 16.7 Å². The molecule has 0 spiro atoms. The summed E-state index contributed by atoms with van der Waals surface area (Å²) in [5.41, 5.74) is 2.68. The van der Waals surface area contributed by atoms with Crippen molar-refractivity contribution >= 4 is 11.9 Å². The lowest BCUT2D eigenvalue weighted by Crippen LogP contribution is -2.09. The fourth-order valence-corrected chi connectivity index (χ4v) is 2.15. The molecule has 0 aromatic heterocycles. The average molecular weight is 296 g/mol. The van der Waals surface area contributed by atoms with Gasteiger partial charge in [-0.25, -0.2) is 0 Å². The van der Waals surface area contributed by atoms with Crippen molar-refractivity contribution in [1.82, 2.24) is 0 Å². The predicted molar refractivity (Wildman–Crippen MR) is 83.6 cm³/mol. The van der Waals surface area contributed by atoms with Gasteiger partial charge < -0.3 is 10.2 Å². The van der Waals surface area contributed by atoms with E-state index < -0.39 is 17.9 Å². The van der Waals surface area contributed by atoms with Crippen LogP contribution in [-0.2, 0) is 9.59 Å². The molecule has 0 saturated heterocycles. The van der Waals surface area contributed by atoms with Gasteiger partial charge in [0.15, 0.2) is 0 Å². The zero-order valence-electron chi connectivity index (χ0n) is 11.8. The number of hydrogen-bond donors (Lipinski definition) is 2. The molecule has 0 radical (unpaired) electrons. The molecule has 0 aliphatic rings. The van der Waals surface area contributed by atoms with E-state index in [1.807, 2.05) is 42.5 Å². The van der Waals surface area contributed by atoms with Crippen molar-refractivity contribution < 1.29 is 19.8 Å². The van der Waals surface area contributed by atoms with Gasteiger partial charge in [-0.3, -0.25) is 9.59 Å². The Morgan fingerprint density at radius 2 is 1.50 bits per heavy atom. The summed E-state index contributed by atoms with van der Waals surface area (Å²) in [5.74, 6) is -2.84. The summed E-state index contributed by atoms with van der Waals surface area (Å²) in [6.07, 6.45) is 2.59. The largest absolute Gasteiger partial charge is 0.481 e. The van der Waals surface area contributed by atoms with Gasteiger partial charge in [0.1, 0.15) is 0 Å². The summed E-state index contributed by atoms with van der Waals surface area (Å²) in [6, 6.07) is 17.0. The van der Waals surface area contributed by atoms with E-state index in [1.165, 1.54) is 12.2 Å². The van der Waals surface area contributed by atoms with Crippen LogP contribution in [0, 0.1) is 0 Å². The van der Waals surface area contributed by atoms with Gasteiger partial charge in [-0.15, -0.1) is 0 Å². The summed E-state index contributed by atoms with van der Waals surface area (Å²) < 4.78 is 0. The maximum atomic E-state index is 11.3. The van der Waals surface area contributed by atoms with E-state index in [-0.39, 0.29) is 6.42 Å². The molecule has 0 fully saturated rings. The molecule has 2 N–H and O–H groups in total. The number of carbonyl (C=O) groups is 2. The highest BCUT2D eigenvalue weighted by atomic mass is 16.4. The highest BCUT2D eigenvalue weighted by molar-refractivity contribution is 5.79. The molecule has 1 atom stereocenters. The molecule has 0 amide bonds. The van der Waals surface area contributed by atoms with Crippen molar-refractivity contribution in [2.24, 2.45) is 0 Å². The second-order valence-electron chi connectivity index (χ2n) is 4.83. The van der Waals surface area contributed by atoms with Crippen LogP contribution < -0.4 is 0 Å². The number of carboxylic acids is 2. The number of aliphatic carboxylic acids is 2. The minimum atomic E-state index is -1.01. The van der Waals surface area contributed by atoms with Crippen molar-refractivity contribution in [2.75, 3.05) is 0 Å². The van der Waals surface area contributed by atoms with Crippen LogP contribution in [0.2, 0.25) is 0 Å². The van der Waals surface area contributed by atoms with Crippen LogP contribution in [-0.4, -0.2) is 22.2 Å². The first kappa shape index (κ1) is 15.5. The maximum Gasteiger partial charge on any atom is 0.314 e. The zero-order chi connectivity index (χ0) is 15.9. The average Bonchev–Trinajstić information content (AvgIpc) is 2.52. The van der Waals surface area contributed by atoms with Gasteiger partial charge in [0.2, 0.25) is 0 Å². The SMILES string of the molecule is O=C(O)C/C=C/C(C(=O)O)c1ccc(-c2ccccc2)cc1. The van der Waals surface area contributed by atoms with Gasteiger partial charge in [0, 0.05) is 0 Å². The minimum Gasteiger partial charge on any atom is -0.481 e. The molecular formula is C18H16O4. The fraction of sp³-hybridized carbons (Fsp3) is 0.111. The Hall–Kier alpha value is -2.88. The summed E-state index contributed by atoms with van der Waals surface area (Å²) in [7, 11) is 0. The highest BCUT2D eigenvalue weighted by Gasteiger charge is 2.16. The first-order chi connectivity index (χ1) is 10.6. The molecule has 0 saturated carbocycles. The van der Waals surface area contributed by atoms with Crippen molar-refractivity contribution in [1.29, 1.82) is 0 Å². The summed E-state index contributed by atoms with van der Waals surface area (Å²) in [4.78, 5) is 21.8. The molecule has 4 heteroatoms. The monoisotopic (exact) mass is 296 g/mol. The molecule has 0 heterocycles. The molecule has 112 valence electrons. The molecular weight excluding hydrogens is 280 g/mol. The molecule has 2 rings (SSSR count). The van der Waals surface area contributed by atoms with Crippen LogP contribution in [0.1, 0.15) is 17.9 Å². The van der Waals surface area contributed by atoms with Crippen LogP contribution in [0.15, 0.2) is 66.7 Å². The van der Waals surface area contributed by atoms with Crippen molar-refractivity contribution in [2.45, 2.75) is 12.3 Å². The zero-order valence-corrected chi connectivity index (χ0v) is 11.8. The maximum absolute atomic E-state index is 11.3. The normalized spacial score (nSPS) is 12.2. The minimum absolute atomic E-state index is 0.189. The lowest BCUT2D eigenvalue weighted by atomic mass is 9.95. The molecule has 0 aliphatic carbocycles. The van der Waals surface area contributed by atoms with Crippen LogP contribution >= 0.6 is 0 Å². The molecule has 2 aromatic carbocycles. The summed E-state index contributed by atoms with van der Waals surface area (Å²) in [6.45, 7) is 0.